The summed E-state index contributed by atoms with van der Waals surface area (Å²) < 4.78 is 0.985. The number of benzene rings is 1. The molecule has 14 heavy (non-hydrogen) atoms. The molecule has 2 aromatic rings. The van der Waals surface area contributed by atoms with E-state index < -0.39 is 0 Å². The van der Waals surface area contributed by atoms with E-state index >= 15 is 0 Å². The summed E-state index contributed by atoms with van der Waals surface area (Å²) in [6.45, 7) is 0. The van der Waals surface area contributed by atoms with Crippen LogP contribution in [0.15, 0.2) is 17.5 Å². The highest BCUT2D eigenvalue weighted by atomic mass is 79.9. The molecule has 0 bridgehead atoms. The summed E-state index contributed by atoms with van der Waals surface area (Å²) in [5.74, 6) is 0. The minimum Gasteiger partial charge on any atom is -0.298 e. The van der Waals surface area contributed by atoms with Crippen LogP contribution in [-0.4, -0.2) is 6.29 Å². The van der Waals surface area contributed by atoms with Gasteiger partial charge in [-0.15, -0.1) is 11.3 Å². The van der Waals surface area contributed by atoms with Crippen molar-refractivity contribution in [1.82, 2.24) is 0 Å². The Kier molecular flexibility index (Phi) is 2.91. The highest BCUT2D eigenvalue weighted by Gasteiger charge is 2.10. The Balaban J connectivity index is 2.88. The largest absolute Gasteiger partial charge is 0.298 e. The molecule has 0 saturated heterocycles. The van der Waals surface area contributed by atoms with Crippen LogP contribution in [0.25, 0.3) is 10.1 Å². The quantitative estimate of drug-likeness (QED) is 0.596. The molecule has 2 rings (SSSR count). The van der Waals surface area contributed by atoms with Crippen LogP contribution in [0.2, 0.25) is 5.02 Å². The fourth-order valence-corrected chi connectivity index (χ4v) is 3.07. The zero-order valence-electron chi connectivity index (χ0n) is 7.09. The van der Waals surface area contributed by atoms with Crippen molar-refractivity contribution >= 4 is 55.2 Å². The first-order valence-electron chi connectivity index (χ1n) is 3.97. The summed E-state index contributed by atoms with van der Waals surface area (Å²) in [5.41, 5.74) is 1.68. The van der Waals surface area contributed by atoms with Crippen molar-refractivity contribution < 1.29 is 4.79 Å². The second-order valence-electron chi connectivity index (χ2n) is 2.85. The first-order valence-corrected chi connectivity index (χ1v) is 6.35. The van der Waals surface area contributed by atoms with Gasteiger partial charge in [-0.3, -0.25) is 4.79 Å². The van der Waals surface area contributed by atoms with Crippen molar-refractivity contribution in [3.8, 4) is 0 Å². The molecule has 1 aromatic heterocycles. The third-order valence-electron chi connectivity index (χ3n) is 2.08. The van der Waals surface area contributed by atoms with Crippen LogP contribution >= 0.6 is 38.9 Å². The maximum Gasteiger partial charge on any atom is 0.151 e. The number of hydrogen-bond donors (Lipinski definition) is 0. The molecule has 0 aliphatic rings. The van der Waals surface area contributed by atoms with Crippen molar-refractivity contribution in [2.24, 2.45) is 0 Å². The maximum absolute atomic E-state index is 11.0. The summed E-state index contributed by atoms with van der Waals surface area (Å²) in [4.78, 5) is 11.0. The van der Waals surface area contributed by atoms with Gasteiger partial charge in [0.05, 0.1) is 9.72 Å². The summed E-state index contributed by atoms with van der Waals surface area (Å²) in [6, 6.07) is 3.78. The average molecular weight is 290 g/mol. The number of thiophene rings is 1. The molecule has 0 spiro atoms. The van der Waals surface area contributed by atoms with Crippen LogP contribution in [0, 0.1) is 0 Å². The number of rotatable bonds is 2. The second kappa shape index (κ2) is 4.01. The van der Waals surface area contributed by atoms with Gasteiger partial charge in [-0.25, -0.2) is 0 Å². The number of carbonyl (C=O) groups excluding carboxylic acids is 1. The van der Waals surface area contributed by atoms with E-state index in [0.29, 0.717) is 5.33 Å². The third kappa shape index (κ3) is 1.49. The third-order valence-corrected chi connectivity index (χ3v) is 4.04. The van der Waals surface area contributed by atoms with Crippen molar-refractivity contribution in [2.45, 2.75) is 5.33 Å². The molecule has 4 heteroatoms. The lowest BCUT2D eigenvalue weighted by atomic mass is 10.1. The Bertz CT molecular complexity index is 492. The van der Waals surface area contributed by atoms with Gasteiger partial charge in [-0.05, 0) is 23.1 Å². The number of carbonyl (C=O) groups is 1. The molecule has 1 nitrogen and oxygen atoms in total. The predicted octanol–water partition coefficient (Wildman–Crippen LogP) is 4.26. The fourth-order valence-electron chi connectivity index (χ4n) is 1.43. The van der Waals surface area contributed by atoms with Gasteiger partial charge in [0.1, 0.15) is 0 Å². The minimum atomic E-state index is 0.645. The zero-order valence-corrected chi connectivity index (χ0v) is 10.2. The molecular formula is C10H6BrClOS. The Hall–Kier alpha value is -0.380. The predicted molar refractivity (Wildman–Crippen MR) is 64.9 cm³/mol. The number of aldehydes is 1. The number of halogens is 2. The molecule has 1 heterocycles. The van der Waals surface area contributed by atoms with E-state index in [4.69, 9.17) is 11.6 Å². The Labute approximate surface area is 98.8 Å². The molecular weight excluding hydrogens is 284 g/mol. The van der Waals surface area contributed by atoms with Gasteiger partial charge in [-0.1, -0.05) is 27.5 Å². The molecule has 0 radical (unpaired) electrons. The van der Waals surface area contributed by atoms with Gasteiger partial charge in [0.25, 0.3) is 0 Å². The standard InChI is InChI=1S/C10H6BrClOS/c11-4-6-3-9(12)10-7(1-2-14-10)8(6)5-13/h1-3,5H,4H2. The van der Waals surface area contributed by atoms with Crippen molar-refractivity contribution in [3.63, 3.8) is 0 Å². The Morgan fingerprint density at radius 2 is 2.36 bits per heavy atom. The smallest absolute Gasteiger partial charge is 0.151 e. The summed E-state index contributed by atoms with van der Waals surface area (Å²) in [6.07, 6.45) is 0.891. The highest BCUT2D eigenvalue weighted by Crippen LogP contribution is 2.33. The molecule has 0 fully saturated rings. The summed E-state index contributed by atoms with van der Waals surface area (Å²) in [5, 5.41) is 4.26. The van der Waals surface area contributed by atoms with E-state index in [1.807, 2.05) is 17.5 Å². The molecule has 0 N–H and O–H groups in total. The summed E-state index contributed by atoms with van der Waals surface area (Å²) >= 11 is 11.0. The lowest BCUT2D eigenvalue weighted by Gasteiger charge is -2.03. The zero-order chi connectivity index (χ0) is 10.1. The molecule has 0 unspecified atom stereocenters. The van der Waals surface area contributed by atoms with Gasteiger partial charge >= 0.3 is 0 Å². The molecule has 72 valence electrons. The maximum atomic E-state index is 11.0. The first kappa shape index (κ1) is 10.1. The lowest BCUT2D eigenvalue weighted by Crippen LogP contribution is -1.90. The van der Waals surface area contributed by atoms with E-state index in [1.54, 1.807) is 11.3 Å². The van der Waals surface area contributed by atoms with E-state index in [2.05, 4.69) is 15.9 Å². The fraction of sp³-hybridized carbons (Fsp3) is 0.100. The van der Waals surface area contributed by atoms with Crippen LogP contribution in [0.5, 0.6) is 0 Å². The van der Waals surface area contributed by atoms with Crippen LogP contribution < -0.4 is 0 Å². The molecule has 0 amide bonds. The van der Waals surface area contributed by atoms with Crippen molar-refractivity contribution in [2.75, 3.05) is 0 Å². The summed E-state index contributed by atoms with van der Waals surface area (Å²) in [7, 11) is 0. The van der Waals surface area contributed by atoms with Gasteiger partial charge < -0.3 is 0 Å². The molecule has 0 aliphatic heterocycles. The van der Waals surface area contributed by atoms with Crippen LogP contribution in [0.4, 0.5) is 0 Å². The topological polar surface area (TPSA) is 17.1 Å². The van der Waals surface area contributed by atoms with Crippen LogP contribution in [0.1, 0.15) is 15.9 Å². The van der Waals surface area contributed by atoms with Gasteiger partial charge in [0.15, 0.2) is 6.29 Å². The first-order chi connectivity index (χ1) is 6.77. The normalized spacial score (nSPS) is 10.7. The van der Waals surface area contributed by atoms with E-state index in [-0.39, 0.29) is 0 Å². The molecule has 0 saturated carbocycles. The molecule has 0 atom stereocenters. The second-order valence-corrected chi connectivity index (χ2v) is 4.73. The van der Waals surface area contributed by atoms with E-state index in [1.165, 1.54) is 0 Å². The number of hydrogen-bond acceptors (Lipinski definition) is 2. The highest BCUT2D eigenvalue weighted by molar-refractivity contribution is 9.08. The van der Waals surface area contributed by atoms with Gasteiger partial charge in [0.2, 0.25) is 0 Å². The molecule has 1 aromatic carbocycles. The van der Waals surface area contributed by atoms with Gasteiger partial charge in [-0.2, -0.15) is 0 Å². The van der Waals surface area contributed by atoms with Crippen molar-refractivity contribution in [1.29, 1.82) is 0 Å². The van der Waals surface area contributed by atoms with E-state index in [0.717, 1.165) is 32.5 Å². The average Bonchev–Trinajstić information content (AvgIpc) is 2.66. The van der Waals surface area contributed by atoms with Crippen molar-refractivity contribution in [3.05, 3.63) is 33.7 Å². The minimum absolute atomic E-state index is 0.645. The Morgan fingerprint density at radius 3 is 3.00 bits per heavy atom. The monoisotopic (exact) mass is 288 g/mol. The van der Waals surface area contributed by atoms with Crippen LogP contribution in [0.3, 0.4) is 0 Å². The molecule has 0 aliphatic carbocycles. The Morgan fingerprint density at radius 1 is 1.57 bits per heavy atom. The number of fused-ring (bicyclic) bond motifs is 1. The SMILES string of the molecule is O=Cc1c(CBr)cc(Cl)c2sccc12. The van der Waals surface area contributed by atoms with Crippen LogP contribution in [-0.2, 0) is 5.33 Å². The number of alkyl halides is 1. The van der Waals surface area contributed by atoms with Gasteiger partial charge in [0, 0.05) is 16.3 Å². The lowest BCUT2D eigenvalue weighted by molar-refractivity contribution is 0.112. The van der Waals surface area contributed by atoms with E-state index in [9.17, 15) is 4.79 Å².